The molecule has 230 valence electrons. The monoisotopic (exact) mass is 646 g/mol. The van der Waals surface area contributed by atoms with Gasteiger partial charge in [0.25, 0.3) is 0 Å². The molecule has 0 radical (unpaired) electrons. The molecule has 20 heteroatoms. The molecule has 0 heterocycles. The van der Waals surface area contributed by atoms with Gasteiger partial charge in [-0.05, 0) is 36.4 Å². The van der Waals surface area contributed by atoms with Crippen molar-refractivity contribution < 1.29 is 62.4 Å². The van der Waals surface area contributed by atoms with Crippen molar-refractivity contribution >= 4 is 66.4 Å². The molecule has 0 saturated heterocycles. The molecule has 0 saturated carbocycles. The molecule has 2 N–H and O–H groups in total. The van der Waals surface area contributed by atoms with Crippen molar-refractivity contribution in [2.45, 2.75) is 37.7 Å². The second-order valence-corrected chi connectivity index (χ2v) is 11.5. The van der Waals surface area contributed by atoms with Crippen LogP contribution in [0.25, 0.3) is 0 Å². The lowest BCUT2D eigenvalue weighted by Crippen LogP contribution is -2.54. The summed E-state index contributed by atoms with van der Waals surface area (Å²) in [5.41, 5.74) is -16.0. The van der Waals surface area contributed by atoms with Gasteiger partial charge in [0.2, 0.25) is 11.8 Å². The van der Waals surface area contributed by atoms with Gasteiger partial charge in [0.1, 0.15) is 0 Å². The lowest BCUT2D eigenvalue weighted by Gasteiger charge is -2.27. The molecule has 2 aromatic rings. The summed E-state index contributed by atoms with van der Waals surface area (Å²) in [6.45, 7) is 2.75. The number of benzene rings is 2. The van der Waals surface area contributed by atoms with E-state index in [1.54, 1.807) is 0 Å². The Hall–Kier alpha value is -4.20. The summed E-state index contributed by atoms with van der Waals surface area (Å²) in [5.74, 6) is -7.22. The highest BCUT2D eigenvalue weighted by atomic mass is 32.2. The first-order valence-corrected chi connectivity index (χ1v) is 14.2. The van der Waals surface area contributed by atoms with Gasteiger partial charge in [-0.15, -0.1) is 0 Å². The first kappa shape index (κ1) is 34.0. The number of amides is 4. The van der Waals surface area contributed by atoms with Crippen LogP contribution in [0.1, 0.15) is 26.7 Å². The fraction of sp³-hybridized carbons (Fsp3) is 0.273. The van der Waals surface area contributed by atoms with E-state index in [1.165, 1.54) is 13.8 Å². The van der Waals surface area contributed by atoms with Crippen LogP contribution in [0, 0.1) is 0 Å². The van der Waals surface area contributed by atoms with Crippen molar-refractivity contribution in [2.75, 3.05) is 19.2 Å². The van der Waals surface area contributed by atoms with Crippen molar-refractivity contribution in [3.63, 3.8) is 0 Å². The maximum absolute atomic E-state index is 13.6. The van der Waals surface area contributed by atoms with Gasteiger partial charge in [-0.3, -0.25) is 19.2 Å². The van der Waals surface area contributed by atoms with Crippen LogP contribution in [0.2, 0.25) is 0 Å². The van der Waals surface area contributed by atoms with E-state index in [9.17, 15) is 62.4 Å². The Labute approximate surface area is 234 Å². The highest BCUT2D eigenvalue weighted by Crippen LogP contribution is 2.36. The quantitative estimate of drug-likeness (QED) is 0.325. The highest BCUT2D eigenvalue weighted by Gasteiger charge is 2.58. The zero-order valence-corrected chi connectivity index (χ0v) is 22.9. The van der Waals surface area contributed by atoms with Crippen molar-refractivity contribution in [3.05, 3.63) is 48.5 Å². The normalized spacial score (nSPS) is 12.3. The minimum atomic E-state index is -6.92. The van der Waals surface area contributed by atoms with Gasteiger partial charge in [0.15, 0.2) is 0 Å². The predicted molar refractivity (Wildman–Crippen MR) is 136 cm³/mol. The summed E-state index contributed by atoms with van der Waals surface area (Å²) >= 11 is 0. The lowest BCUT2D eigenvalue weighted by atomic mass is 10.2. The lowest BCUT2D eigenvalue weighted by molar-refractivity contribution is -0.135. The van der Waals surface area contributed by atoms with E-state index in [1.807, 2.05) is 0 Å². The molecule has 12 nitrogen and oxygen atoms in total. The van der Waals surface area contributed by atoms with E-state index in [-0.39, 0.29) is 24.2 Å². The summed E-state index contributed by atoms with van der Waals surface area (Å²) < 4.78 is 129. The Bertz CT molecular complexity index is 1490. The van der Waals surface area contributed by atoms with Crippen LogP contribution in [-0.4, -0.2) is 51.5 Å². The molecule has 0 atom stereocenters. The third kappa shape index (κ3) is 7.16. The number of hydrogen-bond donors (Lipinski definition) is 2. The van der Waals surface area contributed by atoms with Gasteiger partial charge in [0, 0.05) is 24.2 Å². The summed E-state index contributed by atoms with van der Waals surface area (Å²) in [6, 6.07) is 5.76. The van der Waals surface area contributed by atoms with Gasteiger partial charge in [-0.1, -0.05) is 26.0 Å². The summed E-state index contributed by atoms with van der Waals surface area (Å²) in [6.07, 6.45) is -0.317. The average Bonchev–Trinajstić information content (AvgIpc) is 2.87. The van der Waals surface area contributed by atoms with Crippen molar-refractivity contribution in [3.8, 4) is 0 Å². The first-order valence-electron chi connectivity index (χ1n) is 11.3. The van der Waals surface area contributed by atoms with Crippen molar-refractivity contribution in [1.29, 1.82) is 0 Å². The van der Waals surface area contributed by atoms with Crippen LogP contribution in [0.15, 0.2) is 48.5 Å². The summed E-state index contributed by atoms with van der Waals surface area (Å²) in [7, 11) is -13.8. The van der Waals surface area contributed by atoms with Crippen LogP contribution in [0.4, 0.5) is 49.1 Å². The molecule has 0 aliphatic carbocycles. The molecule has 42 heavy (non-hydrogen) atoms. The molecule has 2 aromatic carbocycles. The number of carbonyl (C=O) groups excluding carboxylic acids is 4. The minimum Gasteiger partial charge on any atom is -0.326 e. The molecule has 0 aliphatic heterocycles. The molecule has 2 rings (SSSR count). The Morgan fingerprint density at radius 3 is 1.21 bits per heavy atom. The fourth-order valence-electron chi connectivity index (χ4n) is 3.03. The summed E-state index contributed by atoms with van der Waals surface area (Å²) in [4.78, 5) is 49.5. The maximum atomic E-state index is 13.6. The predicted octanol–water partition coefficient (Wildman–Crippen LogP) is 3.45. The number of halogens is 6. The molecule has 0 fully saturated rings. The third-order valence-electron chi connectivity index (χ3n) is 4.99. The third-order valence-corrected chi connectivity index (χ3v) is 7.87. The number of anilines is 4. The Balaban J connectivity index is 2.82. The van der Waals surface area contributed by atoms with E-state index < -0.39 is 74.7 Å². The topological polar surface area (TPSA) is 167 Å². The number of alkyl halides is 6. The van der Waals surface area contributed by atoms with E-state index in [0.717, 1.165) is 24.3 Å². The van der Waals surface area contributed by atoms with Crippen LogP contribution < -0.4 is 19.2 Å². The largest absolute Gasteiger partial charge is 0.517 e. The second kappa shape index (κ2) is 12.3. The number of nitrogens with one attached hydrogen (secondary N) is 2. The fourth-order valence-corrected chi connectivity index (χ4v) is 4.82. The zero-order chi connectivity index (χ0) is 32.3. The van der Waals surface area contributed by atoms with E-state index >= 15 is 0 Å². The van der Waals surface area contributed by atoms with Gasteiger partial charge in [-0.2, -0.15) is 51.8 Å². The Morgan fingerprint density at radius 1 is 0.643 bits per heavy atom. The molecule has 0 unspecified atom stereocenters. The van der Waals surface area contributed by atoms with Crippen molar-refractivity contribution in [2.24, 2.45) is 0 Å². The first-order chi connectivity index (χ1) is 19.2. The highest BCUT2D eigenvalue weighted by molar-refractivity contribution is 7.95. The van der Waals surface area contributed by atoms with E-state index in [4.69, 9.17) is 0 Å². The number of carbonyl (C=O) groups is 4. The SMILES string of the molecule is CCC(=O)Nc1cccc(N(C(=O)C(=O)N(c2cccc(NC(=O)CC)c2)S(=O)(=O)C(F)(F)F)S(=O)(=O)C(F)(F)F)c1. The molecule has 4 amide bonds. The van der Waals surface area contributed by atoms with Gasteiger partial charge in [0.05, 0.1) is 11.4 Å². The van der Waals surface area contributed by atoms with Gasteiger partial charge < -0.3 is 10.6 Å². The molecule has 0 bridgehead atoms. The Kier molecular flexibility index (Phi) is 10.00. The zero-order valence-electron chi connectivity index (χ0n) is 21.3. The smallest absolute Gasteiger partial charge is 0.326 e. The van der Waals surface area contributed by atoms with Crippen LogP contribution >= 0.6 is 0 Å². The van der Waals surface area contributed by atoms with Crippen LogP contribution in [0.3, 0.4) is 0 Å². The van der Waals surface area contributed by atoms with Crippen LogP contribution in [-0.2, 0) is 39.2 Å². The minimum absolute atomic E-state index is 0.158. The maximum Gasteiger partial charge on any atom is 0.517 e. The summed E-state index contributed by atoms with van der Waals surface area (Å²) in [5, 5.41) is 4.27. The second-order valence-electron chi connectivity index (χ2n) is 7.94. The number of sulfonamides is 2. The van der Waals surface area contributed by atoms with Gasteiger partial charge in [-0.25, -0.2) is 0 Å². The molecule has 0 aliphatic rings. The van der Waals surface area contributed by atoms with Crippen molar-refractivity contribution in [1.82, 2.24) is 0 Å². The van der Waals surface area contributed by atoms with E-state index in [2.05, 4.69) is 10.6 Å². The van der Waals surface area contributed by atoms with Gasteiger partial charge >= 0.3 is 42.9 Å². The molecular formula is C22H20F6N4O8S2. The molecular weight excluding hydrogens is 626 g/mol. The Morgan fingerprint density at radius 2 is 0.952 bits per heavy atom. The van der Waals surface area contributed by atoms with E-state index in [0.29, 0.717) is 24.3 Å². The average molecular weight is 647 g/mol. The number of hydrogen-bond acceptors (Lipinski definition) is 8. The van der Waals surface area contributed by atoms with Crippen LogP contribution in [0.5, 0.6) is 0 Å². The number of rotatable bonds is 8. The number of nitrogens with zero attached hydrogens (tertiary/aromatic N) is 2. The molecule has 0 spiro atoms. The molecule has 0 aromatic heterocycles. The standard InChI is InChI=1S/C22H20F6N4O8S2/c1-3-17(33)29-13-7-5-9-15(11-13)31(41(37,38)21(23,24)25)19(35)20(36)32(42(39,40)22(26,27)28)16-10-6-8-14(12-16)30-18(34)4-2/h5-12H,3-4H2,1-2H3,(H,29,33)(H,30,34).